The molecule has 12 nitrogen and oxygen atoms in total. The number of aromatic nitrogens is 1. The van der Waals surface area contributed by atoms with Crippen LogP contribution in [0.1, 0.15) is 56.5 Å². The van der Waals surface area contributed by atoms with E-state index in [9.17, 15) is 24.0 Å². The van der Waals surface area contributed by atoms with Gasteiger partial charge in [0.15, 0.2) is 0 Å². The highest BCUT2D eigenvalue weighted by Gasteiger charge is 2.43. The van der Waals surface area contributed by atoms with Crippen LogP contribution in [0.4, 0.5) is 0 Å². The molecule has 1 saturated heterocycles. The van der Waals surface area contributed by atoms with Gasteiger partial charge in [0.1, 0.15) is 23.7 Å². The highest BCUT2D eigenvalue weighted by atomic mass is 32.2. The molecule has 5 amide bonds. The fourth-order valence-electron chi connectivity index (χ4n) is 5.57. The first-order valence-corrected chi connectivity index (χ1v) is 18.6. The van der Waals surface area contributed by atoms with Crippen molar-refractivity contribution >= 4 is 53.1 Å². The van der Waals surface area contributed by atoms with Crippen LogP contribution < -0.4 is 27.0 Å². The summed E-state index contributed by atoms with van der Waals surface area (Å²) in [6.07, 6.45) is 1.16. The molecule has 260 valence electrons. The molecule has 3 atom stereocenters. The van der Waals surface area contributed by atoms with Crippen molar-refractivity contribution in [3.63, 3.8) is 0 Å². The molecule has 6 N–H and O–H groups in total. The number of hydrogen-bond acceptors (Lipinski definition) is 9. The molecular weight excluding hydrogens is 653 g/mol. The minimum absolute atomic E-state index is 0.0172. The largest absolute Gasteiger partial charge is 0.381 e. The monoisotopic (exact) mass is 698 g/mol. The lowest BCUT2D eigenvalue weighted by molar-refractivity contribution is -0.140. The molecule has 4 rings (SSSR count). The van der Waals surface area contributed by atoms with Gasteiger partial charge in [0.05, 0.1) is 11.4 Å². The Morgan fingerprint density at radius 3 is 2.25 bits per heavy atom. The molecule has 1 fully saturated rings. The fourth-order valence-corrected chi connectivity index (χ4v) is 7.38. The highest BCUT2D eigenvalue weighted by Crippen LogP contribution is 2.23. The topological polar surface area (TPSA) is 182 Å². The maximum atomic E-state index is 14.0. The summed E-state index contributed by atoms with van der Waals surface area (Å²) in [5.74, 6) is -0.685. The Labute approximate surface area is 290 Å². The van der Waals surface area contributed by atoms with Gasteiger partial charge in [-0.2, -0.15) is 23.5 Å². The van der Waals surface area contributed by atoms with Crippen LogP contribution in [0.3, 0.4) is 0 Å². The summed E-state index contributed by atoms with van der Waals surface area (Å²) in [7, 11) is 0. The Morgan fingerprint density at radius 1 is 0.917 bits per heavy atom. The third-order valence-electron chi connectivity index (χ3n) is 8.19. The van der Waals surface area contributed by atoms with Gasteiger partial charge in [-0.25, -0.2) is 0 Å². The zero-order valence-electron chi connectivity index (χ0n) is 27.5. The average Bonchev–Trinajstić information content (AvgIpc) is 3.06. The smallest absolute Gasteiger partial charge is 0.246 e. The molecule has 2 aromatic rings. The number of carbonyl (C=O) groups is 5. The van der Waals surface area contributed by atoms with Gasteiger partial charge in [0.2, 0.25) is 29.5 Å². The first kappa shape index (κ1) is 37.2. The molecule has 2 aliphatic rings. The molecule has 0 saturated carbocycles. The number of rotatable bonds is 5. The maximum Gasteiger partial charge on any atom is 0.246 e. The van der Waals surface area contributed by atoms with Crippen molar-refractivity contribution < 1.29 is 28.7 Å². The highest BCUT2D eigenvalue weighted by molar-refractivity contribution is 7.98. The molecule has 0 unspecified atom stereocenters. The van der Waals surface area contributed by atoms with Gasteiger partial charge in [0, 0.05) is 61.9 Å². The summed E-state index contributed by atoms with van der Waals surface area (Å²) in [5, 5.41) is 11.5. The first-order valence-electron chi connectivity index (χ1n) is 16.3. The zero-order chi connectivity index (χ0) is 34.5. The summed E-state index contributed by atoms with van der Waals surface area (Å²) < 4.78 is 5.53. The van der Waals surface area contributed by atoms with E-state index in [0.717, 1.165) is 17.0 Å². The lowest BCUT2D eigenvalue weighted by atomic mass is 9.87. The third-order valence-corrected chi connectivity index (χ3v) is 10.2. The second-order valence-electron chi connectivity index (χ2n) is 12.6. The van der Waals surface area contributed by atoms with Gasteiger partial charge in [-0.15, -0.1) is 0 Å². The third kappa shape index (κ3) is 11.2. The van der Waals surface area contributed by atoms with Crippen LogP contribution in [0.25, 0.3) is 0 Å². The van der Waals surface area contributed by atoms with Crippen molar-refractivity contribution in [1.29, 1.82) is 0 Å². The van der Waals surface area contributed by atoms with E-state index < -0.39 is 47.3 Å². The Balaban J connectivity index is 1.64. The van der Waals surface area contributed by atoms with E-state index in [-0.39, 0.29) is 56.5 Å². The second-order valence-corrected chi connectivity index (χ2v) is 14.7. The number of amides is 5. The van der Waals surface area contributed by atoms with Crippen LogP contribution in [0.5, 0.6) is 0 Å². The Hall–Kier alpha value is -3.62. The number of pyridine rings is 1. The summed E-state index contributed by atoms with van der Waals surface area (Å²) in [6.45, 7) is 4.42. The number of primary amides is 1. The molecule has 1 spiro atoms. The molecule has 0 radical (unpaired) electrons. The van der Waals surface area contributed by atoms with Crippen molar-refractivity contribution in [2.24, 2.45) is 11.7 Å². The Kier molecular flexibility index (Phi) is 14.1. The normalized spacial score (nSPS) is 23.5. The van der Waals surface area contributed by atoms with Crippen molar-refractivity contribution in [3.8, 4) is 0 Å². The van der Waals surface area contributed by atoms with E-state index in [2.05, 4.69) is 21.3 Å². The van der Waals surface area contributed by atoms with Crippen molar-refractivity contribution in [3.05, 3.63) is 65.5 Å². The van der Waals surface area contributed by atoms with E-state index in [1.807, 2.05) is 62.4 Å². The summed E-state index contributed by atoms with van der Waals surface area (Å²) in [6, 6.07) is 11.9. The molecule has 14 heteroatoms. The van der Waals surface area contributed by atoms with Gasteiger partial charge in [-0.3, -0.25) is 29.0 Å². The average molecular weight is 699 g/mol. The predicted molar refractivity (Wildman–Crippen MR) is 187 cm³/mol. The van der Waals surface area contributed by atoms with Crippen LogP contribution >= 0.6 is 23.5 Å². The molecule has 1 aromatic carbocycles. The minimum atomic E-state index is -1.24. The van der Waals surface area contributed by atoms with Gasteiger partial charge < -0.3 is 31.7 Å². The number of nitrogens with one attached hydrogen (secondary N) is 4. The molecule has 0 aliphatic carbocycles. The van der Waals surface area contributed by atoms with Crippen LogP contribution in [0, 0.1) is 5.92 Å². The number of thioether (sulfide) groups is 2. The molecule has 2 aliphatic heterocycles. The van der Waals surface area contributed by atoms with Gasteiger partial charge >= 0.3 is 0 Å². The standard InChI is InChI=1S/C34H46N6O6S2/c1-22(2)17-26-31(43)37-27(18-23-7-4-3-5-8-23)32(44)38-28(30(35)42)21-48-20-25-10-6-9-24(36-25)19-47-16-11-29(41)40-34(33(45)39-26)12-14-46-15-13-34/h3-10,22,26-28H,11-21H2,1-2H3,(H2,35,42)(H,37,43)(H,38,44)(H,39,45)(H,40,41)/t26-,27-,28-/m0/s1. The van der Waals surface area contributed by atoms with Crippen LogP contribution in [0.15, 0.2) is 48.5 Å². The van der Waals surface area contributed by atoms with E-state index >= 15 is 0 Å². The predicted octanol–water partition coefficient (Wildman–Crippen LogP) is 1.85. The second kappa shape index (κ2) is 18.2. The van der Waals surface area contributed by atoms with E-state index in [4.69, 9.17) is 15.5 Å². The number of nitrogens with zero attached hydrogens (tertiary/aromatic N) is 1. The number of hydrogen-bond donors (Lipinski definition) is 5. The van der Waals surface area contributed by atoms with Crippen LogP contribution in [-0.2, 0) is 46.6 Å². The number of nitrogens with two attached hydrogens (primary N) is 1. The molecule has 48 heavy (non-hydrogen) atoms. The van der Waals surface area contributed by atoms with Crippen molar-refractivity contribution in [2.75, 3.05) is 24.7 Å². The lowest BCUT2D eigenvalue weighted by Crippen LogP contribution is -2.64. The summed E-state index contributed by atoms with van der Waals surface area (Å²) >= 11 is 2.98. The van der Waals surface area contributed by atoms with E-state index in [1.54, 1.807) is 11.8 Å². The minimum Gasteiger partial charge on any atom is -0.381 e. The maximum absolute atomic E-state index is 14.0. The summed E-state index contributed by atoms with van der Waals surface area (Å²) in [4.78, 5) is 71.9. The van der Waals surface area contributed by atoms with Crippen molar-refractivity contribution in [1.82, 2.24) is 26.3 Å². The Bertz CT molecular complexity index is 1420. The van der Waals surface area contributed by atoms with Crippen LogP contribution in [0.2, 0.25) is 0 Å². The Morgan fingerprint density at radius 2 is 1.58 bits per heavy atom. The SMILES string of the molecule is CC(C)C[C@@H]1NC(=O)C2(CCOCC2)NC(=O)CCSCc2cccc(n2)CSC[C@@H](C(N)=O)NC(=O)[C@H](Cc2ccccc2)NC1=O. The molecule has 1 aromatic heterocycles. The number of fused-ring (bicyclic) bond motifs is 2. The van der Waals surface area contributed by atoms with Gasteiger partial charge in [-0.05, 0) is 30.0 Å². The lowest BCUT2D eigenvalue weighted by Gasteiger charge is -2.38. The number of carbonyl (C=O) groups excluding carboxylic acids is 5. The van der Waals surface area contributed by atoms with Crippen LogP contribution in [-0.4, -0.2) is 82.9 Å². The van der Waals surface area contributed by atoms with Gasteiger partial charge in [-0.1, -0.05) is 50.2 Å². The zero-order valence-corrected chi connectivity index (χ0v) is 29.1. The van der Waals surface area contributed by atoms with E-state index in [1.165, 1.54) is 11.8 Å². The van der Waals surface area contributed by atoms with E-state index in [0.29, 0.717) is 23.7 Å². The fraction of sp³-hybridized carbons (Fsp3) is 0.529. The molecule has 3 heterocycles. The number of ether oxygens (including phenoxy) is 1. The quantitative estimate of drug-likeness (QED) is 0.311. The van der Waals surface area contributed by atoms with Gasteiger partial charge in [0.25, 0.3) is 0 Å². The first-order chi connectivity index (χ1) is 23.0. The summed E-state index contributed by atoms with van der Waals surface area (Å²) in [5.41, 5.74) is 6.93. The molecule has 2 bridgehead atoms. The number of benzene rings is 1. The molecular formula is C34H46N6O6S2. The van der Waals surface area contributed by atoms with Crippen molar-refractivity contribution in [2.45, 2.75) is 81.1 Å².